The largest absolute Gasteiger partial charge is 0.481 e. The van der Waals surface area contributed by atoms with Crippen LogP contribution in [0.2, 0.25) is 0 Å². The summed E-state index contributed by atoms with van der Waals surface area (Å²) < 4.78 is 0. The summed E-state index contributed by atoms with van der Waals surface area (Å²) in [6, 6.07) is 0. The van der Waals surface area contributed by atoms with E-state index in [1.807, 2.05) is 0 Å². The minimum absolute atomic E-state index is 0.245. The van der Waals surface area contributed by atoms with Crippen molar-refractivity contribution in [3.05, 3.63) is 0 Å². The lowest BCUT2D eigenvalue weighted by molar-refractivity contribution is -0.138. The number of carbonyl (C=O) groups is 3. The van der Waals surface area contributed by atoms with Crippen LogP contribution in [-0.4, -0.2) is 33.2 Å². The van der Waals surface area contributed by atoms with Crippen LogP contribution in [0.1, 0.15) is 90.9 Å². The lowest BCUT2D eigenvalue weighted by Crippen LogP contribution is -1.94. The van der Waals surface area contributed by atoms with Crippen molar-refractivity contribution in [3.8, 4) is 0 Å². The summed E-state index contributed by atoms with van der Waals surface area (Å²) in [6.07, 6.45) is 9.17. The van der Waals surface area contributed by atoms with Gasteiger partial charge >= 0.3 is 17.9 Å². The number of hydrogen-bond acceptors (Lipinski definition) is 3. The van der Waals surface area contributed by atoms with Crippen LogP contribution in [0, 0.1) is 5.92 Å². The molecule has 0 saturated carbocycles. The molecule has 0 aliphatic heterocycles. The fourth-order valence-electron chi connectivity index (χ4n) is 2.09. The molecule has 6 nitrogen and oxygen atoms in total. The number of rotatable bonds is 14. The molecule has 0 aromatic carbocycles. The van der Waals surface area contributed by atoms with Gasteiger partial charge in [0.05, 0.1) is 0 Å². The van der Waals surface area contributed by atoms with E-state index < -0.39 is 17.9 Å². The maximum Gasteiger partial charge on any atom is 0.303 e. The van der Waals surface area contributed by atoms with Gasteiger partial charge in [-0.3, -0.25) is 14.4 Å². The third kappa shape index (κ3) is 28.6. The van der Waals surface area contributed by atoms with E-state index in [-0.39, 0.29) is 12.8 Å². The molecule has 0 rings (SSSR count). The SMILES string of the molecule is CC(C)CCCCC(=O)O.O=C(O)CCCCCCCCC(=O)O. The summed E-state index contributed by atoms with van der Waals surface area (Å²) in [7, 11) is 0. The summed E-state index contributed by atoms with van der Waals surface area (Å²) in [4.78, 5) is 30.3. The highest BCUT2D eigenvalue weighted by molar-refractivity contribution is 5.67. The minimum atomic E-state index is -0.740. The van der Waals surface area contributed by atoms with Crippen molar-refractivity contribution in [2.75, 3.05) is 0 Å². The monoisotopic (exact) mass is 346 g/mol. The van der Waals surface area contributed by atoms with Gasteiger partial charge < -0.3 is 15.3 Å². The first-order chi connectivity index (χ1) is 11.3. The first-order valence-electron chi connectivity index (χ1n) is 8.91. The first-order valence-corrected chi connectivity index (χ1v) is 8.91. The van der Waals surface area contributed by atoms with Crippen molar-refractivity contribution in [1.82, 2.24) is 0 Å². The van der Waals surface area contributed by atoms with Gasteiger partial charge in [0.15, 0.2) is 0 Å². The van der Waals surface area contributed by atoms with Gasteiger partial charge in [0.1, 0.15) is 0 Å². The van der Waals surface area contributed by atoms with Gasteiger partial charge in [0.25, 0.3) is 0 Å². The van der Waals surface area contributed by atoms with Crippen LogP contribution >= 0.6 is 0 Å². The fraction of sp³-hybridized carbons (Fsp3) is 0.833. The third-order valence-corrected chi connectivity index (χ3v) is 3.45. The molecule has 0 atom stereocenters. The van der Waals surface area contributed by atoms with Crippen molar-refractivity contribution in [1.29, 1.82) is 0 Å². The quantitative estimate of drug-likeness (QED) is 0.397. The van der Waals surface area contributed by atoms with E-state index in [0.717, 1.165) is 57.8 Å². The Labute approximate surface area is 145 Å². The normalized spacial score (nSPS) is 10.1. The Morgan fingerprint density at radius 3 is 1.17 bits per heavy atom. The molecule has 0 amide bonds. The lowest BCUT2D eigenvalue weighted by Gasteiger charge is -2.01. The summed E-state index contributed by atoms with van der Waals surface area (Å²) >= 11 is 0. The number of carboxylic acid groups (broad SMARTS) is 3. The van der Waals surface area contributed by atoms with Crippen molar-refractivity contribution < 1.29 is 29.7 Å². The molecular formula is C18H34O6. The molecule has 0 aromatic heterocycles. The molecule has 0 aliphatic rings. The molecule has 0 spiro atoms. The fourth-order valence-corrected chi connectivity index (χ4v) is 2.09. The van der Waals surface area contributed by atoms with E-state index >= 15 is 0 Å². The van der Waals surface area contributed by atoms with Gasteiger partial charge in [-0.2, -0.15) is 0 Å². The highest BCUT2D eigenvalue weighted by atomic mass is 16.4. The zero-order valence-corrected chi connectivity index (χ0v) is 15.1. The Morgan fingerprint density at radius 1 is 0.583 bits per heavy atom. The van der Waals surface area contributed by atoms with Gasteiger partial charge in [-0.05, 0) is 25.2 Å². The molecule has 0 radical (unpaired) electrons. The zero-order chi connectivity index (χ0) is 18.8. The standard InChI is InChI=1S/C10H18O4.C8H16O2/c11-9(12)7-5-3-1-2-4-6-8-10(13)14;1-7(2)5-3-4-6-8(9)10/h1-8H2,(H,11,12)(H,13,14);7H,3-6H2,1-2H3,(H,9,10). The molecule has 0 aromatic rings. The predicted octanol–water partition coefficient (Wildman–Crippen LogP) is 4.56. The molecule has 0 fully saturated rings. The Balaban J connectivity index is 0. The zero-order valence-electron chi connectivity index (χ0n) is 15.1. The molecule has 0 heterocycles. The molecule has 24 heavy (non-hydrogen) atoms. The van der Waals surface area contributed by atoms with Gasteiger partial charge in [-0.15, -0.1) is 0 Å². The maximum absolute atomic E-state index is 10.1. The maximum atomic E-state index is 10.1. The molecule has 0 saturated heterocycles. The molecular weight excluding hydrogens is 312 g/mol. The molecule has 0 aliphatic carbocycles. The first kappa shape index (κ1) is 24.7. The highest BCUT2D eigenvalue weighted by Crippen LogP contribution is 2.08. The summed E-state index contributed by atoms with van der Waals surface area (Å²) in [5, 5.41) is 25.0. The smallest absolute Gasteiger partial charge is 0.303 e. The minimum Gasteiger partial charge on any atom is -0.481 e. The number of unbranched alkanes of at least 4 members (excludes halogenated alkanes) is 6. The van der Waals surface area contributed by atoms with Crippen molar-refractivity contribution in [2.24, 2.45) is 5.92 Å². The second kappa shape index (κ2) is 17.8. The van der Waals surface area contributed by atoms with Gasteiger partial charge in [0.2, 0.25) is 0 Å². The lowest BCUT2D eigenvalue weighted by atomic mass is 10.1. The van der Waals surface area contributed by atoms with Gasteiger partial charge in [0, 0.05) is 19.3 Å². The Morgan fingerprint density at radius 2 is 0.875 bits per heavy atom. The number of carboxylic acids is 3. The number of aliphatic carboxylic acids is 3. The van der Waals surface area contributed by atoms with Crippen LogP contribution < -0.4 is 0 Å². The Kier molecular flexibility index (Phi) is 18.2. The second-order valence-electron chi connectivity index (χ2n) is 6.44. The van der Waals surface area contributed by atoms with Gasteiger partial charge in [-0.25, -0.2) is 0 Å². The second-order valence-corrected chi connectivity index (χ2v) is 6.44. The van der Waals surface area contributed by atoms with Crippen LogP contribution in [0.25, 0.3) is 0 Å². The average Bonchev–Trinajstić information content (AvgIpc) is 2.46. The molecule has 6 heteroatoms. The Bertz CT molecular complexity index is 318. The van der Waals surface area contributed by atoms with Gasteiger partial charge in [-0.1, -0.05) is 52.4 Å². The van der Waals surface area contributed by atoms with Crippen molar-refractivity contribution >= 4 is 17.9 Å². The summed E-state index contributed by atoms with van der Waals surface area (Å²) in [6.45, 7) is 4.31. The Hall–Kier alpha value is -1.59. The molecule has 0 unspecified atom stereocenters. The van der Waals surface area contributed by atoms with E-state index in [1.54, 1.807) is 0 Å². The van der Waals surface area contributed by atoms with E-state index in [4.69, 9.17) is 15.3 Å². The third-order valence-electron chi connectivity index (χ3n) is 3.45. The van der Waals surface area contributed by atoms with Crippen molar-refractivity contribution in [2.45, 2.75) is 90.9 Å². The van der Waals surface area contributed by atoms with E-state index in [2.05, 4.69) is 13.8 Å². The van der Waals surface area contributed by atoms with E-state index in [1.165, 1.54) is 0 Å². The summed E-state index contributed by atoms with van der Waals surface area (Å²) in [5.74, 6) is -1.45. The van der Waals surface area contributed by atoms with Crippen LogP contribution in [-0.2, 0) is 14.4 Å². The average molecular weight is 346 g/mol. The van der Waals surface area contributed by atoms with E-state index in [9.17, 15) is 14.4 Å². The van der Waals surface area contributed by atoms with Crippen LogP contribution in [0.4, 0.5) is 0 Å². The molecule has 3 N–H and O–H groups in total. The van der Waals surface area contributed by atoms with Crippen LogP contribution in [0.3, 0.4) is 0 Å². The molecule has 142 valence electrons. The highest BCUT2D eigenvalue weighted by Gasteiger charge is 1.98. The number of hydrogen-bond donors (Lipinski definition) is 3. The van der Waals surface area contributed by atoms with Crippen LogP contribution in [0.15, 0.2) is 0 Å². The summed E-state index contributed by atoms with van der Waals surface area (Å²) in [5.41, 5.74) is 0. The van der Waals surface area contributed by atoms with Crippen molar-refractivity contribution in [3.63, 3.8) is 0 Å². The van der Waals surface area contributed by atoms with Crippen LogP contribution in [0.5, 0.6) is 0 Å². The topological polar surface area (TPSA) is 112 Å². The molecule has 0 bridgehead atoms. The van der Waals surface area contributed by atoms with E-state index in [0.29, 0.717) is 12.3 Å². The predicted molar refractivity (Wildman–Crippen MR) is 93.1 cm³/mol.